The molecule has 11 heteroatoms. The van der Waals surface area contributed by atoms with E-state index in [-0.39, 0.29) is 25.8 Å². The molecule has 150 valence electrons. The zero-order valence-corrected chi connectivity index (χ0v) is 14.5. The smallest absolute Gasteiger partial charge is 0.394 e. The van der Waals surface area contributed by atoms with Gasteiger partial charge in [-0.3, -0.25) is 9.59 Å². The number of ether oxygens (including phenoxy) is 2. The number of amides is 2. The van der Waals surface area contributed by atoms with Gasteiger partial charge in [-0.1, -0.05) is 6.92 Å². The van der Waals surface area contributed by atoms with E-state index in [4.69, 9.17) is 15.6 Å². The van der Waals surface area contributed by atoms with Crippen molar-refractivity contribution in [1.82, 2.24) is 4.90 Å². The third-order valence-electron chi connectivity index (χ3n) is 3.88. The second kappa shape index (κ2) is 10.5. The van der Waals surface area contributed by atoms with Crippen LogP contribution >= 0.6 is 0 Å². The van der Waals surface area contributed by atoms with E-state index in [2.05, 4.69) is 4.74 Å². The Labute approximate surface area is 150 Å². The lowest BCUT2D eigenvalue weighted by atomic mass is 9.95. The fraction of sp³-hybridized carbons (Fsp3) is 0.800. The van der Waals surface area contributed by atoms with Gasteiger partial charge in [0.15, 0.2) is 6.29 Å². The molecule has 0 aromatic heterocycles. The lowest BCUT2D eigenvalue weighted by Gasteiger charge is -2.43. The molecule has 1 unspecified atom stereocenters. The third kappa shape index (κ3) is 5.43. The van der Waals surface area contributed by atoms with Crippen LogP contribution in [0.15, 0.2) is 0 Å². The van der Waals surface area contributed by atoms with Crippen LogP contribution in [0.2, 0.25) is 0 Å². The Morgan fingerprint density at radius 3 is 2.35 bits per heavy atom. The standard InChI is InChI=1S/C15H26N2O9/c1-2-4-9(19)17(15(24)26-10(20)5-3-6-16)11-13(22)12(21)8(7-18)25-14(11)23/h8,11-14,18,21-23H,2-7,16H2,1H3/t8-,11-,12-,13-,14?/m1/s1. The fourth-order valence-electron chi connectivity index (χ4n) is 2.53. The highest BCUT2D eigenvalue weighted by Crippen LogP contribution is 2.25. The molecule has 0 aromatic rings. The topological polar surface area (TPSA) is 180 Å². The summed E-state index contributed by atoms with van der Waals surface area (Å²) in [6.45, 7) is 1.16. The van der Waals surface area contributed by atoms with Gasteiger partial charge in [-0.05, 0) is 19.4 Å². The molecule has 0 spiro atoms. The normalized spacial score (nSPS) is 28.5. The van der Waals surface area contributed by atoms with Crippen LogP contribution in [0.1, 0.15) is 32.6 Å². The summed E-state index contributed by atoms with van der Waals surface area (Å²) >= 11 is 0. The summed E-state index contributed by atoms with van der Waals surface area (Å²) in [5.74, 6) is -1.75. The number of aliphatic hydroxyl groups excluding tert-OH is 4. The van der Waals surface area contributed by atoms with Crippen LogP contribution in [0.4, 0.5) is 4.79 Å². The molecule has 0 aromatic carbocycles. The van der Waals surface area contributed by atoms with Gasteiger partial charge in [-0.2, -0.15) is 0 Å². The van der Waals surface area contributed by atoms with Crippen LogP contribution in [0.5, 0.6) is 0 Å². The number of carbonyl (C=O) groups is 3. The largest absolute Gasteiger partial charge is 0.424 e. The molecule has 1 rings (SSSR count). The average molecular weight is 378 g/mol. The molecule has 26 heavy (non-hydrogen) atoms. The van der Waals surface area contributed by atoms with Crippen LogP contribution < -0.4 is 5.73 Å². The maximum Gasteiger partial charge on any atom is 0.424 e. The van der Waals surface area contributed by atoms with Crippen molar-refractivity contribution < 1.29 is 44.3 Å². The third-order valence-corrected chi connectivity index (χ3v) is 3.88. The van der Waals surface area contributed by atoms with Crippen molar-refractivity contribution in [2.75, 3.05) is 13.2 Å². The van der Waals surface area contributed by atoms with Crippen molar-refractivity contribution >= 4 is 18.0 Å². The van der Waals surface area contributed by atoms with E-state index < -0.39 is 55.2 Å². The molecule has 5 atom stereocenters. The predicted molar refractivity (Wildman–Crippen MR) is 85.3 cm³/mol. The van der Waals surface area contributed by atoms with Gasteiger partial charge in [0.1, 0.15) is 24.4 Å². The Morgan fingerprint density at radius 2 is 1.81 bits per heavy atom. The Balaban J connectivity index is 3.03. The van der Waals surface area contributed by atoms with Gasteiger partial charge in [-0.25, -0.2) is 9.69 Å². The second-order valence-corrected chi connectivity index (χ2v) is 5.87. The number of aliphatic hydroxyl groups is 4. The number of nitrogens with two attached hydrogens (primary N) is 1. The van der Waals surface area contributed by atoms with Gasteiger partial charge in [0.2, 0.25) is 5.91 Å². The van der Waals surface area contributed by atoms with E-state index in [1.165, 1.54) is 0 Å². The number of imide groups is 1. The minimum Gasteiger partial charge on any atom is -0.394 e. The summed E-state index contributed by atoms with van der Waals surface area (Å²) in [6.07, 6.45) is -7.77. The van der Waals surface area contributed by atoms with E-state index in [1.54, 1.807) is 6.92 Å². The Bertz CT molecular complexity index is 502. The van der Waals surface area contributed by atoms with Gasteiger partial charge in [-0.15, -0.1) is 0 Å². The van der Waals surface area contributed by atoms with Gasteiger partial charge in [0.05, 0.1) is 6.61 Å². The van der Waals surface area contributed by atoms with E-state index in [9.17, 15) is 29.7 Å². The Hall–Kier alpha value is -1.63. The maximum absolute atomic E-state index is 12.3. The molecule has 0 radical (unpaired) electrons. The summed E-state index contributed by atoms with van der Waals surface area (Å²) in [4.78, 5) is 36.6. The van der Waals surface area contributed by atoms with Crippen molar-refractivity contribution in [3.63, 3.8) is 0 Å². The molecule has 0 bridgehead atoms. The van der Waals surface area contributed by atoms with Crippen LogP contribution in [-0.2, 0) is 19.1 Å². The van der Waals surface area contributed by atoms with Gasteiger partial charge in [0, 0.05) is 12.8 Å². The highest BCUT2D eigenvalue weighted by Gasteiger charge is 2.50. The summed E-state index contributed by atoms with van der Waals surface area (Å²) in [6, 6.07) is -1.71. The van der Waals surface area contributed by atoms with Crippen molar-refractivity contribution in [3.05, 3.63) is 0 Å². The van der Waals surface area contributed by atoms with Crippen LogP contribution in [-0.4, -0.2) is 87.1 Å². The average Bonchev–Trinajstić information content (AvgIpc) is 2.59. The predicted octanol–water partition coefficient (Wildman–Crippen LogP) is -2.18. The molecule has 1 fully saturated rings. The molecule has 0 saturated carbocycles. The minimum absolute atomic E-state index is 0.137. The van der Waals surface area contributed by atoms with Gasteiger partial charge < -0.3 is 35.6 Å². The highest BCUT2D eigenvalue weighted by atomic mass is 16.6. The second-order valence-electron chi connectivity index (χ2n) is 5.87. The molecule has 11 nitrogen and oxygen atoms in total. The van der Waals surface area contributed by atoms with Crippen LogP contribution in [0.25, 0.3) is 0 Å². The number of hydrogen-bond donors (Lipinski definition) is 5. The first kappa shape index (κ1) is 22.4. The number of nitrogens with zero attached hydrogens (tertiary/aromatic N) is 1. The molecular formula is C15H26N2O9. The first-order valence-corrected chi connectivity index (χ1v) is 8.35. The molecule has 1 aliphatic heterocycles. The number of esters is 1. The van der Waals surface area contributed by atoms with Gasteiger partial charge in [0.25, 0.3) is 0 Å². The zero-order chi connectivity index (χ0) is 19.9. The lowest BCUT2D eigenvalue weighted by Crippen LogP contribution is -2.66. The summed E-state index contributed by atoms with van der Waals surface area (Å²) in [5.41, 5.74) is 5.26. The molecule has 1 saturated heterocycles. The van der Waals surface area contributed by atoms with Crippen molar-refractivity contribution in [3.8, 4) is 0 Å². The molecule has 1 aliphatic rings. The molecular weight excluding hydrogens is 352 g/mol. The number of carbonyl (C=O) groups excluding carboxylic acids is 3. The van der Waals surface area contributed by atoms with Crippen LogP contribution in [0.3, 0.4) is 0 Å². The molecule has 0 aliphatic carbocycles. The summed E-state index contributed by atoms with van der Waals surface area (Å²) in [7, 11) is 0. The van der Waals surface area contributed by atoms with E-state index in [1.807, 2.05) is 0 Å². The maximum atomic E-state index is 12.3. The van der Waals surface area contributed by atoms with E-state index >= 15 is 0 Å². The quantitative estimate of drug-likeness (QED) is 0.241. The first-order valence-electron chi connectivity index (χ1n) is 8.35. The zero-order valence-electron chi connectivity index (χ0n) is 14.5. The van der Waals surface area contributed by atoms with Crippen molar-refractivity contribution in [1.29, 1.82) is 0 Å². The molecule has 1 heterocycles. The monoisotopic (exact) mass is 378 g/mol. The first-order chi connectivity index (χ1) is 12.3. The molecule has 6 N–H and O–H groups in total. The number of rotatable bonds is 7. The molecule has 2 amide bonds. The van der Waals surface area contributed by atoms with Crippen molar-refractivity contribution in [2.45, 2.75) is 63.3 Å². The summed E-state index contributed by atoms with van der Waals surface area (Å²) in [5, 5.41) is 39.3. The minimum atomic E-state index is -1.89. The van der Waals surface area contributed by atoms with E-state index in [0.29, 0.717) is 11.3 Å². The fourth-order valence-corrected chi connectivity index (χ4v) is 2.53. The van der Waals surface area contributed by atoms with Crippen LogP contribution in [0, 0.1) is 0 Å². The Kier molecular flexibility index (Phi) is 9.05. The summed E-state index contributed by atoms with van der Waals surface area (Å²) < 4.78 is 9.54. The SMILES string of the molecule is CCCC(=O)N(C(=O)OC(=O)CCCN)[C@H]1C(O)O[C@H](CO)[C@@H](O)[C@@H]1O. The lowest BCUT2D eigenvalue weighted by molar-refractivity contribution is -0.267. The van der Waals surface area contributed by atoms with E-state index in [0.717, 1.165) is 0 Å². The number of hydrogen-bond acceptors (Lipinski definition) is 10. The van der Waals surface area contributed by atoms with Crippen molar-refractivity contribution in [2.24, 2.45) is 5.73 Å². The Morgan fingerprint density at radius 1 is 1.15 bits per heavy atom. The van der Waals surface area contributed by atoms with Gasteiger partial charge >= 0.3 is 12.1 Å². The highest BCUT2D eigenvalue weighted by molar-refractivity contribution is 5.96.